The molecule has 0 unspecified atom stereocenters. The van der Waals surface area contributed by atoms with Gasteiger partial charge in [0.2, 0.25) is 0 Å². The lowest BCUT2D eigenvalue weighted by Gasteiger charge is -2.27. The molecule has 4 heterocycles. The van der Waals surface area contributed by atoms with Gasteiger partial charge >= 0.3 is 0 Å². The molecule has 4 aromatic rings. The third-order valence-electron chi connectivity index (χ3n) is 6.73. The Morgan fingerprint density at radius 2 is 1.89 bits per heavy atom. The number of imidazole rings is 1. The Morgan fingerprint density at radius 1 is 1.08 bits per heavy atom. The Morgan fingerprint density at radius 3 is 2.66 bits per heavy atom. The van der Waals surface area contributed by atoms with Crippen molar-refractivity contribution in [2.75, 3.05) is 24.6 Å². The van der Waals surface area contributed by atoms with Gasteiger partial charge in [-0.3, -0.25) is 0 Å². The van der Waals surface area contributed by atoms with E-state index >= 15 is 0 Å². The average Bonchev–Trinajstić information content (AvgIpc) is 3.08. The number of hydrogen-bond donors (Lipinski definition) is 2. The number of halogens is 2. The summed E-state index contributed by atoms with van der Waals surface area (Å²) in [6, 6.07) is 6.35. The summed E-state index contributed by atoms with van der Waals surface area (Å²) in [5, 5.41) is 2.75. The number of alkyl halides is 2. The van der Waals surface area contributed by atoms with Crippen molar-refractivity contribution in [3.05, 3.63) is 58.4 Å². The molecule has 0 spiro atoms. The first-order valence-electron chi connectivity index (χ1n) is 12.9. The number of benzene rings is 1. The highest BCUT2D eigenvalue weighted by Gasteiger charge is 2.25. The minimum atomic E-state index is -2.42. The highest BCUT2D eigenvalue weighted by atomic mass is 19.3. The minimum absolute atomic E-state index is 0.184. The first-order chi connectivity index (χ1) is 18.2. The van der Waals surface area contributed by atoms with E-state index in [4.69, 9.17) is 9.72 Å². The number of aryl methyl sites for hydroxylation is 3. The number of anilines is 1. The maximum Gasteiger partial charge on any atom is 0.250 e. The molecular formula is C28H33F2N7O. The van der Waals surface area contributed by atoms with Crippen molar-refractivity contribution in [3.8, 4) is 16.9 Å². The van der Waals surface area contributed by atoms with Crippen molar-refractivity contribution >= 4 is 17.0 Å². The summed E-state index contributed by atoms with van der Waals surface area (Å²) in [6.45, 7) is 11.7. The first-order valence-corrected chi connectivity index (χ1v) is 12.9. The third kappa shape index (κ3) is 5.31. The number of nitrogens with one attached hydrogen (secondary N) is 2. The van der Waals surface area contributed by atoms with Gasteiger partial charge in [0.15, 0.2) is 5.65 Å². The maximum atomic E-state index is 12.7. The van der Waals surface area contributed by atoms with Crippen LogP contribution in [0.3, 0.4) is 0 Å². The lowest BCUT2D eigenvalue weighted by molar-refractivity contribution is 0.145. The van der Waals surface area contributed by atoms with Gasteiger partial charge in [-0.25, -0.2) is 28.7 Å². The molecule has 200 valence electrons. The number of aromatic amines is 1. The second kappa shape index (κ2) is 10.6. The van der Waals surface area contributed by atoms with Gasteiger partial charge in [0.05, 0.1) is 25.2 Å². The van der Waals surface area contributed by atoms with E-state index in [-0.39, 0.29) is 12.5 Å². The van der Waals surface area contributed by atoms with Crippen LogP contribution >= 0.6 is 0 Å². The lowest BCUT2D eigenvalue weighted by atomic mass is 9.99. The Labute approximate surface area is 220 Å². The van der Waals surface area contributed by atoms with Gasteiger partial charge in [-0.05, 0) is 56.0 Å². The molecule has 8 nitrogen and oxygen atoms in total. The summed E-state index contributed by atoms with van der Waals surface area (Å²) in [7, 11) is 0. The van der Waals surface area contributed by atoms with Crippen LogP contribution in [0, 0.1) is 20.8 Å². The molecule has 0 saturated carbocycles. The summed E-state index contributed by atoms with van der Waals surface area (Å²) in [5.41, 5.74) is 7.68. The van der Waals surface area contributed by atoms with Crippen LogP contribution in [0.4, 0.5) is 14.6 Å². The molecule has 0 saturated heterocycles. The van der Waals surface area contributed by atoms with E-state index in [0.29, 0.717) is 31.2 Å². The molecule has 0 aliphatic carbocycles. The molecule has 0 bridgehead atoms. The van der Waals surface area contributed by atoms with Gasteiger partial charge in [0.25, 0.3) is 6.43 Å². The van der Waals surface area contributed by atoms with E-state index < -0.39 is 13.0 Å². The summed E-state index contributed by atoms with van der Waals surface area (Å²) >= 11 is 0. The quantitative estimate of drug-likeness (QED) is 0.345. The van der Waals surface area contributed by atoms with Crippen molar-refractivity contribution < 1.29 is 13.5 Å². The number of ether oxygens (including phenoxy) is 1. The highest BCUT2D eigenvalue weighted by molar-refractivity contribution is 5.79. The third-order valence-corrected chi connectivity index (χ3v) is 6.73. The number of fused-ring (bicyclic) bond motifs is 2. The van der Waals surface area contributed by atoms with Gasteiger partial charge < -0.3 is 19.9 Å². The Hall–Kier alpha value is -3.66. The van der Waals surface area contributed by atoms with Gasteiger partial charge in [-0.2, -0.15) is 0 Å². The van der Waals surface area contributed by atoms with Crippen molar-refractivity contribution in [2.45, 2.75) is 60.1 Å². The minimum Gasteiger partial charge on any atom is -0.491 e. The van der Waals surface area contributed by atoms with E-state index in [1.54, 1.807) is 0 Å². The molecule has 2 N–H and O–H groups in total. The molecule has 5 rings (SSSR count). The van der Waals surface area contributed by atoms with E-state index in [2.05, 4.69) is 69.1 Å². The van der Waals surface area contributed by atoms with E-state index in [1.165, 1.54) is 0 Å². The Balaban J connectivity index is 1.51. The lowest BCUT2D eigenvalue weighted by Crippen LogP contribution is -2.29. The summed E-state index contributed by atoms with van der Waals surface area (Å²) in [5.74, 6) is 3.25. The van der Waals surface area contributed by atoms with Crippen molar-refractivity contribution in [3.63, 3.8) is 0 Å². The zero-order valence-corrected chi connectivity index (χ0v) is 22.4. The summed E-state index contributed by atoms with van der Waals surface area (Å²) < 4.78 is 31.6. The number of H-pyrrole nitrogens is 1. The maximum absolute atomic E-state index is 12.7. The van der Waals surface area contributed by atoms with Crippen LogP contribution in [0.25, 0.3) is 22.3 Å². The van der Waals surface area contributed by atoms with Crippen LogP contribution in [0.5, 0.6) is 5.75 Å². The Kier molecular flexibility index (Phi) is 7.25. The number of aromatic nitrogens is 5. The molecule has 10 heteroatoms. The molecular weight excluding hydrogens is 488 g/mol. The van der Waals surface area contributed by atoms with Crippen LogP contribution in [0.2, 0.25) is 0 Å². The van der Waals surface area contributed by atoms with Crippen LogP contribution in [0.15, 0.2) is 24.4 Å². The van der Waals surface area contributed by atoms with E-state index in [9.17, 15) is 8.78 Å². The molecule has 1 aromatic carbocycles. The highest BCUT2D eigenvalue weighted by Crippen LogP contribution is 2.36. The summed E-state index contributed by atoms with van der Waals surface area (Å²) in [4.78, 5) is 23.9. The van der Waals surface area contributed by atoms with E-state index in [0.717, 1.165) is 56.4 Å². The normalized spacial score (nSPS) is 13.8. The van der Waals surface area contributed by atoms with Gasteiger partial charge in [-0.15, -0.1) is 0 Å². The molecule has 0 fully saturated rings. The largest absolute Gasteiger partial charge is 0.491 e. The van der Waals surface area contributed by atoms with Gasteiger partial charge in [-0.1, -0.05) is 13.8 Å². The summed E-state index contributed by atoms with van der Waals surface area (Å²) in [6.07, 6.45) is -0.571. The van der Waals surface area contributed by atoms with Crippen molar-refractivity contribution in [2.24, 2.45) is 0 Å². The molecule has 0 amide bonds. The average molecular weight is 522 g/mol. The van der Waals surface area contributed by atoms with Crippen LogP contribution in [-0.2, 0) is 13.1 Å². The van der Waals surface area contributed by atoms with Crippen LogP contribution < -0.4 is 15.0 Å². The number of hydrogen-bond acceptors (Lipinski definition) is 7. The number of rotatable bonds is 7. The SMILES string of the molecule is Cc1nc2ncc(-c3cc(C)c4c(c3)CN(c3nc(CNCC(F)F)nc(C)c3C(C)C)CCO4)cc2[nH]1. The fourth-order valence-electron chi connectivity index (χ4n) is 5.15. The topological polar surface area (TPSA) is 91.9 Å². The fourth-order valence-corrected chi connectivity index (χ4v) is 5.15. The fraction of sp³-hybridized carbons (Fsp3) is 0.429. The standard InChI is InChI=1S/C28H33F2N7O/c1-15(2)25-17(4)33-24(13-31-12-23(29)30)36-28(25)37-6-7-38-26-16(3)8-19(9-21(26)14-37)20-10-22-27(32-11-20)35-18(5)34-22/h8-11,15,23,31H,6-7,12-14H2,1-5H3,(H,32,34,35). The molecule has 38 heavy (non-hydrogen) atoms. The second-order valence-corrected chi connectivity index (χ2v) is 10.1. The van der Waals surface area contributed by atoms with Gasteiger partial charge in [0.1, 0.15) is 29.8 Å². The number of nitrogens with zero attached hydrogens (tertiary/aromatic N) is 5. The van der Waals surface area contributed by atoms with Crippen LogP contribution in [0.1, 0.15) is 53.8 Å². The predicted octanol–water partition coefficient (Wildman–Crippen LogP) is 5.22. The molecule has 1 aliphatic heterocycles. The molecule has 3 aromatic heterocycles. The Bertz CT molecular complexity index is 1470. The van der Waals surface area contributed by atoms with Gasteiger partial charge in [0, 0.05) is 35.1 Å². The zero-order chi connectivity index (χ0) is 27.0. The molecule has 0 atom stereocenters. The second-order valence-electron chi connectivity index (χ2n) is 10.1. The molecule has 1 aliphatic rings. The number of pyridine rings is 1. The smallest absolute Gasteiger partial charge is 0.250 e. The first kappa shape index (κ1) is 26.0. The predicted molar refractivity (Wildman–Crippen MR) is 144 cm³/mol. The van der Waals surface area contributed by atoms with Crippen LogP contribution in [-0.4, -0.2) is 51.0 Å². The monoisotopic (exact) mass is 521 g/mol. The molecule has 0 radical (unpaired) electrons. The van der Waals surface area contributed by atoms with Crippen molar-refractivity contribution in [1.29, 1.82) is 0 Å². The zero-order valence-electron chi connectivity index (χ0n) is 22.4. The van der Waals surface area contributed by atoms with E-state index in [1.807, 2.05) is 20.0 Å². The van der Waals surface area contributed by atoms with Crippen molar-refractivity contribution in [1.82, 2.24) is 30.2 Å².